The fourth-order valence-electron chi connectivity index (χ4n) is 4.28. The van der Waals surface area contributed by atoms with Gasteiger partial charge in [-0.15, -0.1) is 0 Å². The number of nitrogens with one attached hydrogen (secondary N) is 2. The summed E-state index contributed by atoms with van der Waals surface area (Å²) in [6.07, 6.45) is 0. The number of nitrogens with zero attached hydrogens (tertiary/aromatic N) is 1. The Kier molecular flexibility index (Phi) is 6.06. The highest BCUT2D eigenvalue weighted by Crippen LogP contribution is 2.51. The molecule has 5 rings (SSSR count). The average molecular weight is 549 g/mol. The molecular weight excluding hydrogens is 531 g/mol. The lowest BCUT2D eigenvalue weighted by atomic mass is 9.83. The van der Waals surface area contributed by atoms with Gasteiger partial charge >= 0.3 is 4.87 Å². The molecule has 2 aliphatic rings. The molecule has 1 fully saturated rings. The van der Waals surface area contributed by atoms with Gasteiger partial charge < -0.3 is 5.32 Å². The van der Waals surface area contributed by atoms with Gasteiger partial charge in [0.2, 0.25) is 27.7 Å². The van der Waals surface area contributed by atoms with Crippen LogP contribution in [-0.4, -0.2) is 36.0 Å². The number of hydrogen-bond acceptors (Lipinski definition) is 8. The molecule has 0 aliphatic carbocycles. The van der Waals surface area contributed by atoms with Crippen LogP contribution in [0, 0.1) is 11.7 Å². The molecule has 1 aromatic heterocycles. The van der Waals surface area contributed by atoms with Crippen molar-refractivity contribution in [3.05, 3.63) is 74.5 Å². The van der Waals surface area contributed by atoms with Crippen molar-refractivity contribution in [1.29, 1.82) is 0 Å². The molecule has 1 saturated heterocycles. The first-order chi connectivity index (χ1) is 17.0. The van der Waals surface area contributed by atoms with Crippen molar-refractivity contribution in [2.24, 2.45) is 11.1 Å². The van der Waals surface area contributed by atoms with Crippen molar-refractivity contribution >= 4 is 56.5 Å². The first-order valence-electron chi connectivity index (χ1n) is 10.5. The van der Waals surface area contributed by atoms with Crippen LogP contribution in [0.25, 0.3) is 0 Å². The molecule has 186 valence electrons. The lowest BCUT2D eigenvalue weighted by Gasteiger charge is -2.30. The van der Waals surface area contributed by atoms with Gasteiger partial charge in [0.1, 0.15) is 17.6 Å². The van der Waals surface area contributed by atoms with E-state index in [1.54, 1.807) is 0 Å². The summed E-state index contributed by atoms with van der Waals surface area (Å²) in [4.78, 5) is 50.8. The molecule has 36 heavy (non-hydrogen) atoms. The number of imide groups is 1. The summed E-state index contributed by atoms with van der Waals surface area (Å²) in [5.41, 5.74) is 0.868. The lowest BCUT2D eigenvalue weighted by molar-refractivity contribution is -0.126. The number of thiazole rings is 1. The van der Waals surface area contributed by atoms with Crippen LogP contribution in [0.15, 0.2) is 63.2 Å². The zero-order chi connectivity index (χ0) is 25.8. The standard InChI is InChI=1S/C22H17FN4O6S3/c23-11-3-1-10(2-4-11)15-16-17(20(30)26-19(16)29)34-21-18(15)35-22(31)27(21)9-14(28)25-12-5-7-13(8-6-12)36(24,32)33/h1-8,15-17H,9H2,(H,25,28)(H2,24,32,33)(H,26,29,30)/t15-,16+,17-/m0/s1. The van der Waals surface area contributed by atoms with Crippen LogP contribution in [-0.2, 0) is 31.0 Å². The highest BCUT2D eigenvalue weighted by atomic mass is 32.2. The van der Waals surface area contributed by atoms with Gasteiger partial charge in [-0.05, 0) is 42.0 Å². The number of sulfonamides is 1. The number of benzene rings is 2. The monoisotopic (exact) mass is 548 g/mol. The van der Waals surface area contributed by atoms with E-state index in [1.807, 2.05) is 0 Å². The van der Waals surface area contributed by atoms with E-state index in [-0.39, 0.29) is 11.4 Å². The van der Waals surface area contributed by atoms with Crippen molar-refractivity contribution in [1.82, 2.24) is 9.88 Å². The summed E-state index contributed by atoms with van der Waals surface area (Å²) in [6, 6.07) is 10.7. The summed E-state index contributed by atoms with van der Waals surface area (Å²) in [7, 11) is -3.89. The third-order valence-corrected chi connectivity index (χ3v) is 9.43. The van der Waals surface area contributed by atoms with Crippen molar-refractivity contribution in [2.75, 3.05) is 5.32 Å². The largest absolute Gasteiger partial charge is 0.325 e. The van der Waals surface area contributed by atoms with E-state index in [0.717, 1.165) is 23.1 Å². The summed E-state index contributed by atoms with van der Waals surface area (Å²) in [5, 5.41) is 9.58. The molecule has 14 heteroatoms. The van der Waals surface area contributed by atoms with E-state index in [9.17, 15) is 32.0 Å². The summed E-state index contributed by atoms with van der Waals surface area (Å²) in [5.74, 6) is -3.42. The van der Waals surface area contributed by atoms with Crippen LogP contribution >= 0.6 is 23.1 Å². The Morgan fingerprint density at radius 1 is 1.06 bits per heavy atom. The molecule has 2 aliphatic heterocycles. The Balaban J connectivity index is 1.47. The van der Waals surface area contributed by atoms with Crippen LogP contribution in [0.5, 0.6) is 0 Å². The van der Waals surface area contributed by atoms with Crippen LogP contribution in [0.2, 0.25) is 0 Å². The fraction of sp³-hybridized carbons (Fsp3) is 0.182. The van der Waals surface area contributed by atoms with Crippen LogP contribution in [0.3, 0.4) is 0 Å². The van der Waals surface area contributed by atoms with Gasteiger partial charge in [-0.25, -0.2) is 17.9 Å². The number of thioether (sulfide) groups is 1. The number of aromatic nitrogens is 1. The third-order valence-electron chi connectivity index (χ3n) is 5.88. The molecule has 4 N–H and O–H groups in total. The van der Waals surface area contributed by atoms with Gasteiger partial charge in [0.15, 0.2) is 0 Å². The number of primary sulfonamides is 1. The van der Waals surface area contributed by atoms with Gasteiger partial charge in [0.05, 0.1) is 15.8 Å². The van der Waals surface area contributed by atoms with E-state index < -0.39 is 55.5 Å². The molecule has 3 aromatic rings. The molecule has 10 nitrogen and oxygen atoms in total. The van der Waals surface area contributed by atoms with Crippen molar-refractivity contribution < 1.29 is 27.2 Å². The van der Waals surface area contributed by atoms with Crippen molar-refractivity contribution in [2.45, 2.75) is 27.6 Å². The number of carbonyl (C=O) groups is 3. The predicted octanol–water partition coefficient (Wildman–Crippen LogP) is 1.21. The van der Waals surface area contributed by atoms with E-state index in [0.29, 0.717) is 21.2 Å². The predicted molar refractivity (Wildman–Crippen MR) is 130 cm³/mol. The number of halogens is 1. The Labute approximate surface area is 211 Å². The second-order valence-corrected chi connectivity index (χ2v) is 11.9. The molecule has 0 unspecified atom stereocenters. The number of rotatable bonds is 5. The number of anilines is 1. The number of amides is 3. The lowest BCUT2D eigenvalue weighted by Crippen LogP contribution is -2.32. The SMILES string of the molecule is NS(=O)(=O)c1ccc(NC(=O)Cn2c3c(sc2=O)[C@@H](c2ccc(F)cc2)[C@H]2C(=O)NC(=O)[C@H]2S3)cc1. The van der Waals surface area contributed by atoms with E-state index in [2.05, 4.69) is 10.6 Å². The fourth-order valence-corrected chi connectivity index (χ4v) is 7.53. The van der Waals surface area contributed by atoms with E-state index in [1.165, 1.54) is 53.1 Å². The maximum absolute atomic E-state index is 13.6. The molecule has 3 heterocycles. The van der Waals surface area contributed by atoms with Gasteiger partial charge in [0, 0.05) is 16.5 Å². The van der Waals surface area contributed by atoms with Gasteiger partial charge in [-0.2, -0.15) is 0 Å². The Morgan fingerprint density at radius 2 is 1.72 bits per heavy atom. The Hall–Kier alpha value is -3.33. The number of carbonyl (C=O) groups excluding carboxylic acids is 3. The van der Waals surface area contributed by atoms with Crippen LogP contribution in [0.4, 0.5) is 10.1 Å². The van der Waals surface area contributed by atoms with Crippen LogP contribution in [0.1, 0.15) is 16.4 Å². The van der Waals surface area contributed by atoms with Gasteiger partial charge in [-0.1, -0.05) is 35.2 Å². The Morgan fingerprint density at radius 3 is 2.36 bits per heavy atom. The normalized spacial score (nSPS) is 21.0. The minimum atomic E-state index is -3.89. The highest BCUT2D eigenvalue weighted by Gasteiger charge is 2.52. The molecule has 0 spiro atoms. The molecule has 2 aromatic carbocycles. The molecule has 3 amide bonds. The number of hydrogen-bond donors (Lipinski definition) is 3. The first kappa shape index (κ1) is 24.4. The maximum Gasteiger partial charge on any atom is 0.308 e. The minimum Gasteiger partial charge on any atom is -0.325 e. The topological polar surface area (TPSA) is 157 Å². The van der Waals surface area contributed by atoms with E-state index in [4.69, 9.17) is 5.14 Å². The van der Waals surface area contributed by atoms with E-state index >= 15 is 0 Å². The maximum atomic E-state index is 13.6. The van der Waals surface area contributed by atoms with Gasteiger partial charge in [-0.3, -0.25) is 29.1 Å². The smallest absolute Gasteiger partial charge is 0.308 e. The van der Waals surface area contributed by atoms with Gasteiger partial charge in [0.25, 0.3) is 0 Å². The molecule has 0 saturated carbocycles. The quantitative estimate of drug-likeness (QED) is 0.405. The summed E-state index contributed by atoms with van der Waals surface area (Å²) < 4.78 is 37.6. The highest BCUT2D eigenvalue weighted by molar-refractivity contribution is 8.00. The Bertz CT molecular complexity index is 1560. The zero-order valence-electron chi connectivity index (χ0n) is 18.1. The molecular formula is C22H17FN4O6S3. The summed E-state index contributed by atoms with van der Waals surface area (Å²) in [6.45, 7) is -0.377. The molecule has 0 radical (unpaired) electrons. The minimum absolute atomic E-state index is 0.120. The van der Waals surface area contributed by atoms with Crippen molar-refractivity contribution in [3.8, 4) is 0 Å². The second kappa shape index (κ2) is 8.96. The average Bonchev–Trinajstić information content (AvgIpc) is 3.28. The van der Waals surface area contributed by atoms with Crippen molar-refractivity contribution in [3.63, 3.8) is 0 Å². The number of fused-ring (bicyclic) bond motifs is 2. The molecule has 3 atom stereocenters. The number of nitrogens with two attached hydrogens (primary N) is 1. The zero-order valence-corrected chi connectivity index (χ0v) is 20.6. The molecule has 0 bridgehead atoms. The van der Waals surface area contributed by atoms with Crippen LogP contribution < -0.4 is 20.6 Å². The second-order valence-electron chi connectivity index (χ2n) is 8.19. The first-order valence-corrected chi connectivity index (χ1v) is 13.7. The third kappa shape index (κ3) is 4.36. The summed E-state index contributed by atoms with van der Waals surface area (Å²) >= 11 is 1.92.